The minimum atomic E-state index is -4.87. The van der Waals surface area contributed by atoms with E-state index in [0.717, 1.165) is 16.7 Å². The normalized spacial score (nSPS) is 22.4. The number of halogens is 3. The smallest absolute Gasteiger partial charge is 0.417 e. The minimum absolute atomic E-state index is 0.0186. The van der Waals surface area contributed by atoms with Gasteiger partial charge in [-0.05, 0) is 95.3 Å². The molecule has 3 aliphatic carbocycles. The fourth-order valence-corrected chi connectivity index (χ4v) is 12.6. The van der Waals surface area contributed by atoms with Crippen LogP contribution in [0.25, 0.3) is 5.76 Å². The van der Waals surface area contributed by atoms with Crippen LogP contribution in [-0.2, 0) is 41.6 Å². The van der Waals surface area contributed by atoms with Crippen molar-refractivity contribution in [1.82, 2.24) is 15.0 Å². The Morgan fingerprint density at radius 1 is 0.873 bits per heavy atom. The first-order chi connectivity index (χ1) is 33.9. The summed E-state index contributed by atoms with van der Waals surface area (Å²) in [5.41, 5.74) is -1.13. The van der Waals surface area contributed by atoms with Crippen molar-refractivity contribution in [1.29, 1.82) is 0 Å². The summed E-state index contributed by atoms with van der Waals surface area (Å²) < 4.78 is 75.1. The van der Waals surface area contributed by atoms with Gasteiger partial charge in [0.15, 0.2) is 19.7 Å². The zero-order chi connectivity index (χ0) is 50.5. The van der Waals surface area contributed by atoms with Gasteiger partial charge < -0.3 is 23.5 Å². The molecule has 5 atom stereocenters. The predicted octanol–water partition coefficient (Wildman–Crippen LogP) is 12.6. The van der Waals surface area contributed by atoms with Gasteiger partial charge in [-0.2, -0.15) is 13.2 Å². The molecular formula is C57H62F3N3O7Si. The highest BCUT2D eigenvalue weighted by Crippen LogP contribution is 2.61. The fraction of sp³-hybridized carbons (Fsp3) is 0.386. The van der Waals surface area contributed by atoms with E-state index in [1.807, 2.05) is 130 Å². The van der Waals surface area contributed by atoms with E-state index in [1.54, 1.807) is 12.2 Å². The van der Waals surface area contributed by atoms with Crippen LogP contribution in [0.15, 0.2) is 132 Å². The quantitative estimate of drug-likeness (QED) is 0.0582. The number of aliphatic hydroxyl groups is 1. The van der Waals surface area contributed by atoms with E-state index in [9.17, 15) is 5.11 Å². The molecule has 1 unspecified atom stereocenters. The van der Waals surface area contributed by atoms with Crippen LogP contribution in [0.2, 0.25) is 18.1 Å². The summed E-state index contributed by atoms with van der Waals surface area (Å²) in [6, 6.07) is 28.1. The first-order valence-corrected chi connectivity index (χ1v) is 27.4. The van der Waals surface area contributed by atoms with E-state index < -0.39 is 71.9 Å². The van der Waals surface area contributed by atoms with Crippen molar-refractivity contribution < 1.29 is 46.3 Å². The summed E-state index contributed by atoms with van der Waals surface area (Å²) in [4.78, 5) is 36.4. The number of aromatic nitrogens is 1. The number of nitrogens with zero attached hydrogens (tertiary/aromatic N) is 3. The predicted molar refractivity (Wildman–Crippen MR) is 268 cm³/mol. The van der Waals surface area contributed by atoms with E-state index in [-0.39, 0.29) is 84.4 Å². The highest BCUT2D eigenvalue weighted by Gasteiger charge is 2.69. The maximum absolute atomic E-state index is 16.4. The lowest BCUT2D eigenvalue weighted by Gasteiger charge is -2.55. The van der Waals surface area contributed by atoms with E-state index in [1.165, 1.54) is 6.07 Å². The van der Waals surface area contributed by atoms with Gasteiger partial charge in [-0.3, -0.25) is 19.4 Å². The molecule has 1 N–H and O–H groups in total. The van der Waals surface area contributed by atoms with Gasteiger partial charge in [0, 0.05) is 37.2 Å². The molecular weight excluding hydrogens is 924 g/mol. The van der Waals surface area contributed by atoms with Crippen molar-refractivity contribution in [2.45, 2.75) is 108 Å². The third kappa shape index (κ3) is 9.13. The standard InChI is InChI=1S/C57H62F3N3O7Si/c1-8-27-62(28-9-2)49-42-31-39-30-41-46(44(67-34-37-22-15-11-16-23-37)32-40(48(41)57(58,59)60)43-26-19-29-63(43)33-36-20-13-10-14-21-36)50(64)45(39)52(65)56(42,70-71(6,7)55(3,4)5)53(66)47-51(49)69-61-54(47)68-35-38-24-17-12-18-25-38/h8-18,20-25,32,39,42-43,49,64H,1-2,19,26-31,33-35H2,3-7H3/t39-,42-,43?,49-,56-/m0/s1. The number of ketones is 2. The Labute approximate surface area is 414 Å². The number of alkyl halides is 3. The van der Waals surface area contributed by atoms with Crippen LogP contribution in [0.1, 0.15) is 107 Å². The number of rotatable bonds is 16. The second kappa shape index (κ2) is 19.5. The molecule has 2 heterocycles. The lowest BCUT2D eigenvalue weighted by Crippen LogP contribution is -2.68. The second-order valence-corrected chi connectivity index (χ2v) is 25.5. The van der Waals surface area contributed by atoms with Crippen LogP contribution in [0, 0.1) is 11.8 Å². The zero-order valence-corrected chi connectivity index (χ0v) is 42.1. The molecule has 1 aromatic heterocycles. The van der Waals surface area contributed by atoms with E-state index in [2.05, 4.69) is 23.2 Å². The third-order valence-electron chi connectivity index (χ3n) is 15.4. The molecule has 0 spiro atoms. The van der Waals surface area contributed by atoms with Gasteiger partial charge in [0.25, 0.3) is 5.88 Å². The molecule has 71 heavy (non-hydrogen) atoms. The van der Waals surface area contributed by atoms with Crippen LogP contribution in [-0.4, -0.2) is 65.2 Å². The Bertz CT molecular complexity index is 2830. The van der Waals surface area contributed by atoms with E-state index in [0.29, 0.717) is 25.9 Å². The molecule has 1 aliphatic heterocycles. The van der Waals surface area contributed by atoms with Crippen molar-refractivity contribution in [2.75, 3.05) is 19.6 Å². The summed E-state index contributed by atoms with van der Waals surface area (Å²) in [5, 5.41) is 16.8. The number of hydrogen-bond acceptors (Lipinski definition) is 10. The molecule has 4 aliphatic rings. The molecule has 5 aromatic rings. The molecule has 1 saturated heterocycles. The topological polar surface area (TPSA) is 115 Å². The molecule has 14 heteroatoms. The van der Waals surface area contributed by atoms with Gasteiger partial charge >= 0.3 is 6.18 Å². The third-order valence-corrected chi connectivity index (χ3v) is 19.8. The van der Waals surface area contributed by atoms with Crippen molar-refractivity contribution in [2.24, 2.45) is 11.8 Å². The summed E-state index contributed by atoms with van der Waals surface area (Å²) in [6.07, 6.45) is -0.650. The van der Waals surface area contributed by atoms with Gasteiger partial charge in [0.2, 0.25) is 11.6 Å². The Hall–Kier alpha value is -6.06. The van der Waals surface area contributed by atoms with Crippen molar-refractivity contribution in [3.63, 3.8) is 0 Å². The van der Waals surface area contributed by atoms with Crippen LogP contribution >= 0.6 is 0 Å². The highest BCUT2D eigenvalue weighted by atomic mass is 28.4. The maximum Gasteiger partial charge on any atom is 0.417 e. The van der Waals surface area contributed by atoms with Crippen molar-refractivity contribution in [3.8, 4) is 11.6 Å². The number of hydrogen-bond donors (Lipinski definition) is 1. The van der Waals surface area contributed by atoms with E-state index in [4.69, 9.17) is 18.4 Å². The highest BCUT2D eigenvalue weighted by molar-refractivity contribution is 6.74. The van der Waals surface area contributed by atoms with E-state index >= 15 is 22.8 Å². The summed E-state index contributed by atoms with van der Waals surface area (Å²) >= 11 is 0. The number of benzene rings is 4. The van der Waals surface area contributed by atoms with Crippen molar-refractivity contribution in [3.05, 3.63) is 178 Å². The average Bonchev–Trinajstić information content (AvgIpc) is 3.98. The number of fused-ring (bicyclic) bond motifs is 4. The molecule has 372 valence electrons. The fourth-order valence-electron chi connectivity index (χ4n) is 11.1. The maximum atomic E-state index is 16.4. The zero-order valence-electron chi connectivity index (χ0n) is 41.1. The molecule has 0 amide bonds. The second-order valence-electron chi connectivity index (χ2n) is 20.8. The van der Waals surface area contributed by atoms with Crippen LogP contribution in [0.4, 0.5) is 13.2 Å². The van der Waals surface area contributed by atoms with Crippen LogP contribution < -0.4 is 9.47 Å². The molecule has 10 nitrogen and oxygen atoms in total. The molecule has 4 aromatic carbocycles. The Balaban J connectivity index is 1.27. The van der Waals surface area contributed by atoms with Gasteiger partial charge in [0.1, 0.15) is 30.3 Å². The lowest BCUT2D eigenvalue weighted by atomic mass is 9.56. The molecule has 2 fully saturated rings. The first kappa shape index (κ1) is 49.9. The number of Topliss-reactive ketones (excluding diaryl/α,β-unsaturated/α-hetero) is 2. The number of aliphatic hydroxyl groups excluding tert-OH is 1. The largest absolute Gasteiger partial charge is 0.507 e. The van der Waals surface area contributed by atoms with Crippen LogP contribution in [0.5, 0.6) is 11.6 Å². The monoisotopic (exact) mass is 985 g/mol. The Morgan fingerprint density at radius 3 is 2.04 bits per heavy atom. The summed E-state index contributed by atoms with van der Waals surface area (Å²) in [7, 11) is -3.16. The molecule has 0 radical (unpaired) electrons. The van der Waals surface area contributed by atoms with Crippen LogP contribution in [0.3, 0.4) is 0 Å². The van der Waals surface area contributed by atoms with Gasteiger partial charge in [-0.1, -0.05) is 124 Å². The number of carbonyl (C=O) groups is 2. The summed E-state index contributed by atoms with van der Waals surface area (Å²) in [5.74, 6) is -4.17. The Morgan fingerprint density at radius 2 is 1.46 bits per heavy atom. The Kier molecular flexibility index (Phi) is 13.7. The van der Waals surface area contributed by atoms with Gasteiger partial charge in [0.05, 0.1) is 17.2 Å². The molecule has 0 bridgehead atoms. The molecule has 1 saturated carbocycles. The number of ether oxygens (including phenoxy) is 2. The average molecular weight is 986 g/mol. The molecule has 9 rings (SSSR count). The SMILES string of the molecule is C=CCN(CC=C)[C@@H]1c2onc(OCc3ccccc3)c2C(=O)[C@@]2(O[Si](C)(C)C(C)(C)C)C(=O)C3=C(O)c4c(OCc5ccccc5)cc(C5CCCN5Cc5ccccc5)c(C(F)(F)F)c4C[C@H]3C[C@@H]12. The summed E-state index contributed by atoms with van der Waals surface area (Å²) in [6.45, 7) is 19.5. The van der Waals surface area contributed by atoms with Gasteiger partial charge in [-0.25, -0.2) is 0 Å². The lowest BCUT2D eigenvalue weighted by molar-refractivity contribution is -0.141. The van der Waals surface area contributed by atoms with Crippen molar-refractivity contribution >= 4 is 25.6 Å². The first-order valence-electron chi connectivity index (χ1n) is 24.5. The number of likely N-dealkylation sites (tertiary alicyclic amines) is 1. The minimum Gasteiger partial charge on any atom is -0.507 e. The van der Waals surface area contributed by atoms with Gasteiger partial charge in [-0.15, -0.1) is 13.2 Å². The number of carbonyl (C=O) groups excluding carboxylic acids is 2.